The lowest BCUT2D eigenvalue weighted by atomic mass is 9.48. The Balaban J connectivity index is 1.76. The van der Waals surface area contributed by atoms with E-state index in [-0.39, 0.29) is 32.9 Å². The van der Waals surface area contributed by atoms with E-state index >= 15 is 0 Å². The van der Waals surface area contributed by atoms with Crippen molar-refractivity contribution in [2.75, 3.05) is 6.54 Å². The van der Waals surface area contributed by atoms with Gasteiger partial charge < -0.3 is 5.32 Å². The number of hydrogen-bond acceptors (Lipinski definition) is 4. The second kappa shape index (κ2) is 5.57. The highest BCUT2D eigenvalue weighted by molar-refractivity contribution is 8.14. The number of nitrogens with one attached hydrogen (secondary N) is 1. The summed E-state index contributed by atoms with van der Waals surface area (Å²) in [6, 6.07) is 0. The Kier molecular flexibility index (Phi) is 3.80. The van der Waals surface area contributed by atoms with Crippen LogP contribution in [0.25, 0.3) is 0 Å². The Morgan fingerprint density at radius 3 is 2.76 bits per heavy atom. The first-order valence-corrected chi connectivity index (χ1v) is 10.0. The quantitative estimate of drug-likeness (QED) is 0.782. The van der Waals surface area contributed by atoms with Crippen LogP contribution in [0.1, 0.15) is 40.0 Å². The molecule has 5 heteroatoms. The van der Waals surface area contributed by atoms with Crippen molar-refractivity contribution >= 4 is 28.6 Å². The minimum atomic E-state index is -0.279. The lowest BCUT2D eigenvalue weighted by Crippen LogP contribution is -2.53. The Morgan fingerprint density at radius 1 is 1.28 bits per heavy atom. The Morgan fingerprint density at radius 2 is 2.04 bits per heavy atom. The SMILES string of the molecule is CC(=O)S[C@H]1C[C@@H]2[C@H](CC[C@]3(C)C(=O)NC[C@@H]23)[C@@]2(C)C=CC(=O)C=C12. The van der Waals surface area contributed by atoms with E-state index in [0.717, 1.165) is 31.4 Å². The van der Waals surface area contributed by atoms with E-state index < -0.39 is 0 Å². The van der Waals surface area contributed by atoms with E-state index in [9.17, 15) is 14.4 Å². The van der Waals surface area contributed by atoms with Crippen LogP contribution in [0.2, 0.25) is 0 Å². The molecule has 0 aromatic rings. The first kappa shape index (κ1) is 17.1. The van der Waals surface area contributed by atoms with Crippen LogP contribution in [0.5, 0.6) is 0 Å². The van der Waals surface area contributed by atoms with Gasteiger partial charge in [-0.1, -0.05) is 31.7 Å². The van der Waals surface area contributed by atoms with Crippen molar-refractivity contribution in [3.05, 3.63) is 23.8 Å². The third kappa shape index (κ3) is 2.38. The summed E-state index contributed by atoms with van der Waals surface area (Å²) < 4.78 is 0. The zero-order chi connectivity index (χ0) is 18.0. The highest BCUT2D eigenvalue weighted by Crippen LogP contribution is 2.62. The summed E-state index contributed by atoms with van der Waals surface area (Å²) >= 11 is 1.35. The van der Waals surface area contributed by atoms with Crippen LogP contribution in [0.15, 0.2) is 23.8 Å². The molecule has 0 unspecified atom stereocenters. The first-order chi connectivity index (χ1) is 11.8. The molecule has 0 bridgehead atoms. The van der Waals surface area contributed by atoms with Crippen molar-refractivity contribution in [3.63, 3.8) is 0 Å². The molecule has 1 saturated heterocycles. The summed E-state index contributed by atoms with van der Waals surface area (Å²) in [5.74, 6) is 1.36. The van der Waals surface area contributed by atoms with Gasteiger partial charge in [-0.05, 0) is 54.7 Å². The Labute approximate surface area is 152 Å². The van der Waals surface area contributed by atoms with Gasteiger partial charge in [0.2, 0.25) is 5.91 Å². The molecule has 2 saturated carbocycles. The summed E-state index contributed by atoms with van der Waals surface area (Å²) in [4.78, 5) is 36.3. The largest absolute Gasteiger partial charge is 0.355 e. The van der Waals surface area contributed by atoms with Crippen molar-refractivity contribution in [3.8, 4) is 0 Å². The molecule has 1 amide bonds. The molecule has 0 radical (unpaired) electrons. The van der Waals surface area contributed by atoms with Crippen molar-refractivity contribution in [1.82, 2.24) is 5.32 Å². The van der Waals surface area contributed by atoms with Gasteiger partial charge in [0.15, 0.2) is 10.9 Å². The van der Waals surface area contributed by atoms with E-state index in [1.165, 1.54) is 11.8 Å². The highest BCUT2D eigenvalue weighted by Gasteiger charge is 2.60. The fourth-order valence-electron chi connectivity index (χ4n) is 5.92. The number of carbonyl (C=O) groups excluding carboxylic acids is 3. The molecule has 6 atom stereocenters. The highest BCUT2D eigenvalue weighted by atomic mass is 32.2. The predicted octanol–water partition coefficient (Wildman–Crippen LogP) is 2.89. The number of carbonyl (C=O) groups is 3. The normalized spacial score (nSPS) is 45.2. The maximum absolute atomic E-state index is 12.4. The van der Waals surface area contributed by atoms with Crippen molar-refractivity contribution in [2.24, 2.45) is 28.6 Å². The number of fused-ring (bicyclic) bond motifs is 5. The van der Waals surface area contributed by atoms with Crippen LogP contribution in [0.3, 0.4) is 0 Å². The monoisotopic (exact) mass is 359 g/mol. The van der Waals surface area contributed by atoms with Gasteiger partial charge in [0, 0.05) is 24.1 Å². The van der Waals surface area contributed by atoms with Gasteiger partial charge in [-0.25, -0.2) is 0 Å². The molecule has 1 aliphatic heterocycles. The molecular weight excluding hydrogens is 334 g/mol. The van der Waals surface area contributed by atoms with Crippen LogP contribution in [-0.2, 0) is 14.4 Å². The van der Waals surface area contributed by atoms with Crippen LogP contribution >= 0.6 is 11.8 Å². The first-order valence-electron chi connectivity index (χ1n) is 9.16. The lowest BCUT2D eigenvalue weighted by molar-refractivity contribution is -0.132. The number of allylic oxidation sites excluding steroid dienone is 3. The van der Waals surface area contributed by atoms with E-state index in [4.69, 9.17) is 0 Å². The van der Waals surface area contributed by atoms with Gasteiger partial charge in [0.25, 0.3) is 0 Å². The Hall–Kier alpha value is -1.36. The van der Waals surface area contributed by atoms with Gasteiger partial charge in [-0.15, -0.1) is 0 Å². The van der Waals surface area contributed by atoms with E-state index in [1.54, 1.807) is 19.1 Å². The molecule has 0 spiro atoms. The second-order valence-corrected chi connectivity index (χ2v) is 9.87. The number of thioether (sulfide) groups is 1. The summed E-state index contributed by atoms with van der Waals surface area (Å²) in [7, 11) is 0. The minimum Gasteiger partial charge on any atom is -0.355 e. The molecule has 4 rings (SSSR count). The van der Waals surface area contributed by atoms with Crippen molar-refractivity contribution < 1.29 is 14.4 Å². The maximum atomic E-state index is 12.4. The topological polar surface area (TPSA) is 63.2 Å². The molecule has 0 aromatic carbocycles. The van der Waals surface area contributed by atoms with Crippen LogP contribution < -0.4 is 5.32 Å². The average molecular weight is 359 g/mol. The van der Waals surface area contributed by atoms with Gasteiger partial charge >= 0.3 is 0 Å². The van der Waals surface area contributed by atoms with Gasteiger partial charge in [0.1, 0.15) is 0 Å². The third-order valence-electron chi connectivity index (χ3n) is 7.25. The fraction of sp³-hybridized carbons (Fsp3) is 0.650. The minimum absolute atomic E-state index is 0.0263. The van der Waals surface area contributed by atoms with E-state index in [1.807, 2.05) is 0 Å². The molecule has 1 N–H and O–H groups in total. The van der Waals surface area contributed by atoms with Gasteiger partial charge in [-0.2, -0.15) is 0 Å². The number of amides is 1. The van der Waals surface area contributed by atoms with Crippen molar-refractivity contribution in [2.45, 2.75) is 45.3 Å². The smallest absolute Gasteiger partial charge is 0.226 e. The molecule has 134 valence electrons. The summed E-state index contributed by atoms with van der Waals surface area (Å²) in [6.45, 7) is 6.67. The molecule has 4 nitrogen and oxygen atoms in total. The summed E-state index contributed by atoms with van der Waals surface area (Å²) in [6.07, 6.45) is 8.30. The second-order valence-electron chi connectivity index (χ2n) is 8.49. The average Bonchev–Trinajstić information content (AvgIpc) is 2.84. The zero-order valence-corrected chi connectivity index (χ0v) is 15.8. The molecule has 3 aliphatic carbocycles. The van der Waals surface area contributed by atoms with Gasteiger partial charge in [0.05, 0.1) is 5.41 Å². The van der Waals surface area contributed by atoms with E-state index in [2.05, 4.69) is 25.2 Å². The molecule has 3 fully saturated rings. The van der Waals surface area contributed by atoms with Crippen molar-refractivity contribution in [1.29, 1.82) is 0 Å². The third-order valence-corrected chi connectivity index (χ3v) is 8.32. The Bertz CT molecular complexity index is 726. The van der Waals surface area contributed by atoms with Crippen LogP contribution in [0, 0.1) is 28.6 Å². The van der Waals surface area contributed by atoms with E-state index in [0.29, 0.717) is 17.8 Å². The lowest BCUT2D eigenvalue weighted by Gasteiger charge is -2.56. The standard InChI is InChI=1S/C20H25NO3S/c1-11(22)25-17-9-13-14(19(2)6-4-12(23)8-15(17)19)5-7-20(3)16(13)10-21-18(20)24/h4,6,8,13-14,16-17H,5,7,9-10H2,1-3H3,(H,21,24)/t13-,14+,16+,17+,19-,20+/m1/s1. The molecule has 25 heavy (non-hydrogen) atoms. The molecular formula is C20H25NO3S. The van der Waals surface area contributed by atoms with Gasteiger partial charge in [-0.3, -0.25) is 14.4 Å². The zero-order valence-electron chi connectivity index (χ0n) is 15.0. The fourth-order valence-corrected chi connectivity index (χ4v) is 7.08. The van der Waals surface area contributed by atoms with Crippen LogP contribution in [-0.4, -0.2) is 28.6 Å². The predicted molar refractivity (Wildman–Crippen MR) is 97.8 cm³/mol. The molecule has 0 aromatic heterocycles. The number of hydrogen-bond donors (Lipinski definition) is 1. The van der Waals surface area contributed by atoms with Crippen LogP contribution in [0.4, 0.5) is 0 Å². The summed E-state index contributed by atoms with van der Waals surface area (Å²) in [5, 5.41) is 3.21. The maximum Gasteiger partial charge on any atom is 0.226 e. The molecule has 4 aliphatic rings. The summed E-state index contributed by atoms with van der Waals surface area (Å²) in [5.41, 5.74) is 0.650. The molecule has 1 heterocycles. The number of ketones is 1. The number of rotatable bonds is 1.